The molecule has 3 N–H and O–H groups in total. The van der Waals surface area contributed by atoms with Gasteiger partial charge in [-0.3, -0.25) is 0 Å². The van der Waals surface area contributed by atoms with E-state index in [1.54, 1.807) is 12.1 Å². The van der Waals surface area contributed by atoms with E-state index >= 15 is 0 Å². The molecule has 9 heteroatoms. The van der Waals surface area contributed by atoms with Gasteiger partial charge in [0.2, 0.25) is 11.9 Å². The summed E-state index contributed by atoms with van der Waals surface area (Å²) in [5, 5.41) is 6.49. The number of H-pyrrole nitrogens is 1. The molecule has 0 spiro atoms. The Labute approximate surface area is 187 Å². The van der Waals surface area contributed by atoms with Gasteiger partial charge in [-0.05, 0) is 44.0 Å². The average Bonchev–Trinajstić information content (AvgIpc) is 3.20. The molecule has 1 saturated carbocycles. The third-order valence-corrected chi connectivity index (χ3v) is 5.55. The van der Waals surface area contributed by atoms with Crippen LogP contribution in [0.2, 0.25) is 0 Å². The lowest BCUT2D eigenvalue weighted by atomic mass is 10.1. The van der Waals surface area contributed by atoms with Crippen LogP contribution in [0.4, 0.5) is 22.0 Å². The van der Waals surface area contributed by atoms with Crippen molar-refractivity contribution in [2.24, 2.45) is 0 Å². The highest BCUT2D eigenvalue weighted by molar-refractivity contribution is 5.56. The molecule has 0 amide bonds. The van der Waals surface area contributed by atoms with Crippen molar-refractivity contribution in [3.8, 4) is 11.8 Å². The number of methoxy groups -OCH3 is 1. The predicted octanol–water partition coefficient (Wildman–Crippen LogP) is 5.37. The molecule has 1 aliphatic rings. The maximum Gasteiger partial charge on any atom is 0.323 e. The zero-order valence-electron chi connectivity index (χ0n) is 18.4. The minimum atomic E-state index is -0.472. The fourth-order valence-corrected chi connectivity index (χ4v) is 3.83. The molecule has 1 atom stereocenters. The molecule has 1 fully saturated rings. The third-order valence-electron chi connectivity index (χ3n) is 5.55. The van der Waals surface area contributed by atoms with Crippen molar-refractivity contribution in [2.75, 3.05) is 17.7 Å². The molecule has 32 heavy (non-hydrogen) atoms. The minimum Gasteiger partial charge on any atom is -0.494 e. The molecule has 0 saturated heterocycles. The van der Waals surface area contributed by atoms with Crippen molar-refractivity contribution in [3.63, 3.8) is 0 Å². The summed E-state index contributed by atoms with van der Waals surface area (Å²) in [6.45, 7) is 1.92. The first kappa shape index (κ1) is 21.9. The molecule has 170 valence electrons. The number of hydrogen-bond donors (Lipinski definition) is 3. The summed E-state index contributed by atoms with van der Waals surface area (Å²) in [5.41, 5.74) is 1.41. The highest BCUT2D eigenvalue weighted by Gasteiger charge is 2.17. The normalized spacial score (nSPS) is 15.6. The molecular formula is C23H29FN6O2. The van der Waals surface area contributed by atoms with Gasteiger partial charge in [0, 0.05) is 24.0 Å². The Balaban J connectivity index is 1.57. The summed E-state index contributed by atoms with van der Waals surface area (Å²) in [7, 11) is 1.43. The van der Waals surface area contributed by atoms with E-state index in [4.69, 9.17) is 9.47 Å². The van der Waals surface area contributed by atoms with Crippen LogP contribution in [-0.2, 0) is 0 Å². The van der Waals surface area contributed by atoms with Crippen molar-refractivity contribution >= 4 is 17.6 Å². The number of nitrogens with zero attached hydrogens (tertiary/aromatic N) is 3. The number of halogens is 1. The summed E-state index contributed by atoms with van der Waals surface area (Å²) < 4.78 is 25.1. The van der Waals surface area contributed by atoms with E-state index in [-0.39, 0.29) is 23.8 Å². The van der Waals surface area contributed by atoms with E-state index in [1.807, 2.05) is 25.3 Å². The number of hydrogen-bond acceptors (Lipinski definition) is 7. The predicted molar refractivity (Wildman–Crippen MR) is 121 cm³/mol. The molecule has 0 radical (unpaired) electrons. The van der Waals surface area contributed by atoms with Crippen molar-refractivity contribution in [2.45, 2.75) is 57.6 Å². The van der Waals surface area contributed by atoms with Gasteiger partial charge in [0.15, 0.2) is 11.6 Å². The lowest BCUT2D eigenvalue weighted by Crippen LogP contribution is -2.21. The van der Waals surface area contributed by atoms with Gasteiger partial charge in [-0.2, -0.15) is 15.0 Å². The molecule has 4 rings (SSSR count). The maximum atomic E-state index is 14.1. The van der Waals surface area contributed by atoms with Gasteiger partial charge < -0.3 is 25.1 Å². The molecule has 1 unspecified atom stereocenters. The fraction of sp³-hybridized carbons (Fsp3) is 0.435. The zero-order chi connectivity index (χ0) is 22.3. The van der Waals surface area contributed by atoms with Crippen LogP contribution < -0.4 is 20.1 Å². The van der Waals surface area contributed by atoms with Gasteiger partial charge in [0.05, 0.1) is 12.8 Å². The molecule has 2 heterocycles. The van der Waals surface area contributed by atoms with Crippen LogP contribution in [-0.4, -0.2) is 33.1 Å². The smallest absolute Gasteiger partial charge is 0.323 e. The van der Waals surface area contributed by atoms with Crippen molar-refractivity contribution in [3.05, 3.63) is 48.0 Å². The van der Waals surface area contributed by atoms with Crippen LogP contribution in [0.5, 0.6) is 11.8 Å². The molecule has 0 bridgehead atoms. The van der Waals surface area contributed by atoms with Crippen LogP contribution in [0.1, 0.15) is 57.2 Å². The topological polar surface area (TPSA) is 97.0 Å². The van der Waals surface area contributed by atoms with E-state index in [0.717, 1.165) is 18.5 Å². The van der Waals surface area contributed by atoms with Gasteiger partial charge >= 0.3 is 6.01 Å². The Morgan fingerprint density at radius 2 is 1.84 bits per heavy atom. The third kappa shape index (κ3) is 5.66. The molecule has 2 aromatic heterocycles. The van der Waals surface area contributed by atoms with Gasteiger partial charge in [-0.15, -0.1) is 0 Å². The molecule has 1 aromatic carbocycles. The Morgan fingerprint density at radius 3 is 2.53 bits per heavy atom. The van der Waals surface area contributed by atoms with E-state index in [0.29, 0.717) is 17.7 Å². The number of aromatic amines is 1. The van der Waals surface area contributed by atoms with Gasteiger partial charge in [0.25, 0.3) is 0 Å². The van der Waals surface area contributed by atoms with Crippen molar-refractivity contribution in [1.82, 2.24) is 19.9 Å². The quantitative estimate of drug-likeness (QED) is 0.405. The molecule has 1 aliphatic carbocycles. The fourth-order valence-electron chi connectivity index (χ4n) is 3.83. The molecule has 8 nitrogen and oxygen atoms in total. The van der Waals surface area contributed by atoms with Crippen molar-refractivity contribution < 1.29 is 13.9 Å². The highest BCUT2D eigenvalue weighted by Crippen LogP contribution is 2.26. The second-order valence-corrected chi connectivity index (χ2v) is 7.96. The molecule has 3 aromatic rings. The summed E-state index contributed by atoms with van der Waals surface area (Å²) in [6, 6.07) is 8.93. The SMILES string of the molecule is COc1ccc(Nc2nc(NC3CCCCCC3)nc(OC(C)c3ccc[nH]3)n2)cc1F. The van der Waals surface area contributed by atoms with E-state index < -0.39 is 5.82 Å². The number of aromatic nitrogens is 4. The molecule has 0 aliphatic heterocycles. The van der Waals surface area contributed by atoms with Crippen LogP contribution in [0.25, 0.3) is 0 Å². The lowest BCUT2D eigenvalue weighted by Gasteiger charge is -2.18. The Kier molecular flexibility index (Phi) is 7.03. The largest absolute Gasteiger partial charge is 0.494 e. The van der Waals surface area contributed by atoms with Crippen LogP contribution >= 0.6 is 0 Å². The number of benzene rings is 1. The van der Waals surface area contributed by atoms with Crippen LogP contribution in [0.15, 0.2) is 36.5 Å². The first-order valence-corrected chi connectivity index (χ1v) is 11.0. The van der Waals surface area contributed by atoms with Gasteiger partial charge in [-0.1, -0.05) is 25.7 Å². The number of anilines is 3. The number of rotatable bonds is 8. The summed E-state index contributed by atoms with van der Waals surface area (Å²) in [4.78, 5) is 16.5. The minimum absolute atomic E-state index is 0.172. The number of ether oxygens (including phenoxy) is 2. The average molecular weight is 441 g/mol. The Morgan fingerprint density at radius 1 is 1.06 bits per heavy atom. The van der Waals surface area contributed by atoms with Crippen molar-refractivity contribution in [1.29, 1.82) is 0 Å². The molecular weight excluding hydrogens is 411 g/mol. The maximum absolute atomic E-state index is 14.1. The standard InChI is InChI=1S/C23H29FN6O2/c1-15(19-10-7-13-25-19)32-23-29-21(26-16-8-5-3-4-6-9-16)28-22(30-23)27-17-11-12-20(31-2)18(24)14-17/h7,10-16,25H,3-6,8-9H2,1-2H3,(H2,26,27,28,29,30). The first-order chi connectivity index (χ1) is 15.6. The van der Waals surface area contributed by atoms with Crippen LogP contribution in [0, 0.1) is 5.82 Å². The monoisotopic (exact) mass is 440 g/mol. The Bertz CT molecular complexity index is 1010. The second kappa shape index (κ2) is 10.3. The summed E-state index contributed by atoms with van der Waals surface area (Å²) >= 11 is 0. The van der Waals surface area contributed by atoms with Gasteiger partial charge in [-0.25, -0.2) is 4.39 Å². The Hall–Kier alpha value is -3.36. The summed E-state index contributed by atoms with van der Waals surface area (Å²) in [6.07, 6.45) is 8.61. The van der Waals surface area contributed by atoms with E-state index in [2.05, 4.69) is 30.6 Å². The van der Waals surface area contributed by atoms with E-state index in [1.165, 1.54) is 38.9 Å². The van der Waals surface area contributed by atoms with Crippen LogP contribution in [0.3, 0.4) is 0 Å². The number of nitrogens with one attached hydrogen (secondary N) is 3. The first-order valence-electron chi connectivity index (χ1n) is 11.0. The second-order valence-electron chi connectivity index (χ2n) is 7.96. The van der Waals surface area contributed by atoms with Gasteiger partial charge in [0.1, 0.15) is 6.10 Å². The van der Waals surface area contributed by atoms with E-state index in [9.17, 15) is 4.39 Å². The zero-order valence-corrected chi connectivity index (χ0v) is 18.4. The summed E-state index contributed by atoms with van der Waals surface area (Å²) in [5.74, 6) is 0.414. The lowest BCUT2D eigenvalue weighted by molar-refractivity contribution is 0.203. The highest BCUT2D eigenvalue weighted by atomic mass is 19.1.